The lowest BCUT2D eigenvalue weighted by Gasteiger charge is -2.60. The van der Waals surface area contributed by atoms with Gasteiger partial charge in [-0.3, -0.25) is 9.59 Å². The van der Waals surface area contributed by atoms with E-state index in [-0.39, 0.29) is 31.6 Å². The lowest BCUT2D eigenvalue weighted by Crippen LogP contribution is -2.91. The van der Waals surface area contributed by atoms with Gasteiger partial charge in [0.05, 0.1) is 18.5 Å². The molecular weight excluding hydrogens is 679 g/mol. The molecule has 21 heteroatoms. The number of amides is 4. The Hall–Kier alpha value is -2.58. The second kappa shape index (κ2) is 15.6. The highest BCUT2D eigenvalue weighted by molar-refractivity contribution is 8.00. The minimum absolute atomic E-state index is 0.140. The smallest absolute Gasteiger partial charge is 0.407 e. The van der Waals surface area contributed by atoms with E-state index in [1.54, 1.807) is 0 Å². The van der Waals surface area contributed by atoms with Crippen LogP contribution in [0.2, 0.25) is 0 Å². The van der Waals surface area contributed by atoms with Crippen LogP contribution in [-0.2, 0) is 42.9 Å². The number of carbonyl (C=O) groups excluding carboxylic acids is 5. The van der Waals surface area contributed by atoms with Crippen LogP contribution >= 0.6 is 46.6 Å². The molecular formula is C23H31Cl3N4O13S. The van der Waals surface area contributed by atoms with E-state index >= 15 is 0 Å². The summed E-state index contributed by atoms with van der Waals surface area (Å²) >= 11 is 17.7. The Bertz CT molecular complexity index is 1190. The van der Waals surface area contributed by atoms with E-state index in [9.17, 15) is 33.9 Å². The van der Waals surface area contributed by atoms with Crippen molar-refractivity contribution in [1.82, 2.24) is 10.7 Å². The van der Waals surface area contributed by atoms with Crippen molar-refractivity contribution in [3.63, 3.8) is 0 Å². The molecule has 0 aromatic rings. The summed E-state index contributed by atoms with van der Waals surface area (Å²) in [6.07, 6.45) is -3.37. The number of alkyl carbamates (subject to hydrolysis) is 1. The molecule has 1 fully saturated rings. The first-order valence-electron chi connectivity index (χ1n) is 12.5. The van der Waals surface area contributed by atoms with Gasteiger partial charge in [0.15, 0.2) is 5.70 Å². The SMILES string of the molecule is COCC1S[C@H]2[C@](COC)(OC)C(=O)[N+]2(NC(=O)C(CCCC(=O)O)NC(=O)OCC(Cl)(Cl)Cl)C(C(=O)[O-])=C1COC(N)=O. The van der Waals surface area contributed by atoms with Crippen LogP contribution in [0.5, 0.6) is 0 Å². The molecule has 2 heterocycles. The number of halogens is 3. The van der Waals surface area contributed by atoms with Gasteiger partial charge >= 0.3 is 24.1 Å². The number of carboxylic acids is 2. The second-order valence-electron chi connectivity index (χ2n) is 9.41. The number of rotatable bonds is 16. The number of thioether (sulfide) groups is 1. The van der Waals surface area contributed by atoms with Crippen molar-refractivity contribution in [2.75, 3.05) is 47.8 Å². The number of β-lactam (4-membered cyclic amide) rings is 1. The van der Waals surface area contributed by atoms with Crippen LogP contribution < -0.4 is 21.6 Å². The number of alkyl halides is 3. The average molecular weight is 710 g/mol. The van der Waals surface area contributed by atoms with E-state index in [4.69, 9.17) is 69.3 Å². The fraction of sp³-hybridized carbons (Fsp3) is 0.652. The Morgan fingerprint density at radius 2 is 1.82 bits per heavy atom. The van der Waals surface area contributed by atoms with Crippen LogP contribution in [0.1, 0.15) is 19.3 Å². The van der Waals surface area contributed by atoms with Crippen molar-refractivity contribution in [2.24, 2.45) is 5.73 Å². The van der Waals surface area contributed by atoms with Crippen molar-refractivity contribution in [2.45, 2.75) is 45.3 Å². The van der Waals surface area contributed by atoms with Gasteiger partial charge in [-0.05, 0) is 12.8 Å². The average Bonchev–Trinajstić information content (AvgIpc) is 2.92. The van der Waals surface area contributed by atoms with Crippen LogP contribution in [0.4, 0.5) is 9.59 Å². The number of hydrogen-bond donors (Lipinski definition) is 4. The number of aliphatic carboxylic acids is 2. The molecule has 17 nitrogen and oxygen atoms in total. The Balaban J connectivity index is 2.65. The lowest BCUT2D eigenvalue weighted by molar-refractivity contribution is -0.904. The maximum atomic E-state index is 14.0. The third kappa shape index (κ3) is 8.36. The predicted octanol–water partition coefficient (Wildman–Crippen LogP) is -0.687. The molecule has 2 rings (SSSR count). The van der Waals surface area contributed by atoms with E-state index in [0.29, 0.717) is 0 Å². The molecule has 0 bridgehead atoms. The zero-order valence-electron chi connectivity index (χ0n) is 23.6. The molecule has 0 aromatic heterocycles. The summed E-state index contributed by atoms with van der Waals surface area (Å²) in [6, 6.07) is -1.59. The highest BCUT2D eigenvalue weighted by Gasteiger charge is 2.81. The Morgan fingerprint density at radius 3 is 2.32 bits per heavy atom. The number of ether oxygens (including phenoxy) is 5. The highest BCUT2D eigenvalue weighted by atomic mass is 35.6. The zero-order chi connectivity index (χ0) is 33.5. The van der Waals surface area contributed by atoms with Crippen molar-refractivity contribution in [3.05, 3.63) is 11.3 Å². The van der Waals surface area contributed by atoms with Gasteiger partial charge in [0, 0.05) is 33.3 Å². The summed E-state index contributed by atoms with van der Waals surface area (Å²) in [6.45, 7) is -1.95. The summed E-state index contributed by atoms with van der Waals surface area (Å²) in [5.74, 6) is -5.28. The standard InChI is InChI=1S/C23H31Cl3N4O13S/c1-39-8-13-11(7-42-20(27)37)15(17(34)35)30(18(36)22(41-3,9-40-2)19(30)44-13)29-16(33)12(5-4-6-14(31)32)28-21(38)43-10-23(24,25)26/h12-13,19H,4-10H2,1-3H3,(H5-,27,28,29,31,32,33,34,35,37,38)/t12?,13?,19-,22+,30?/m0/s1. The molecule has 3 unspecified atom stereocenters. The fourth-order valence-electron chi connectivity index (χ4n) is 4.74. The topological polar surface area (TPSA) is 242 Å². The summed E-state index contributed by atoms with van der Waals surface area (Å²) in [5.41, 5.74) is 4.67. The van der Waals surface area contributed by atoms with E-state index in [2.05, 4.69) is 10.7 Å². The van der Waals surface area contributed by atoms with Crippen LogP contribution in [-0.4, -0.2) is 119 Å². The third-order valence-corrected chi connectivity index (χ3v) is 8.55. The Morgan fingerprint density at radius 1 is 1.16 bits per heavy atom. The molecule has 44 heavy (non-hydrogen) atoms. The minimum Gasteiger partial charge on any atom is -0.540 e. The Labute approximate surface area is 270 Å². The number of carbonyl (C=O) groups is 6. The number of quaternary nitrogens is 1. The first kappa shape index (κ1) is 37.6. The molecule has 2 aliphatic rings. The lowest BCUT2D eigenvalue weighted by atomic mass is 9.87. The maximum absolute atomic E-state index is 14.0. The summed E-state index contributed by atoms with van der Waals surface area (Å²) in [7, 11) is 3.78. The maximum Gasteiger partial charge on any atom is 0.407 e. The number of methoxy groups -OCH3 is 3. The van der Waals surface area contributed by atoms with Crippen LogP contribution in [0.25, 0.3) is 0 Å². The van der Waals surface area contributed by atoms with Crippen molar-refractivity contribution < 1.29 is 67.3 Å². The summed E-state index contributed by atoms with van der Waals surface area (Å²) in [4.78, 5) is 75.5. The van der Waals surface area contributed by atoms with Crippen molar-refractivity contribution in [1.29, 1.82) is 0 Å². The first-order chi connectivity index (χ1) is 20.5. The van der Waals surface area contributed by atoms with Gasteiger partial charge < -0.3 is 49.7 Å². The van der Waals surface area contributed by atoms with Gasteiger partial charge in [-0.2, -0.15) is 5.43 Å². The van der Waals surface area contributed by atoms with Gasteiger partial charge in [-0.15, -0.1) is 4.59 Å². The fourth-order valence-corrected chi connectivity index (χ4v) is 6.69. The monoisotopic (exact) mass is 708 g/mol. The van der Waals surface area contributed by atoms with Crippen molar-refractivity contribution >= 4 is 82.5 Å². The van der Waals surface area contributed by atoms with Crippen LogP contribution in [0.3, 0.4) is 0 Å². The number of carboxylic acid groups (broad SMARTS) is 2. The largest absolute Gasteiger partial charge is 0.540 e. The predicted molar refractivity (Wildman–Crippen MR) is 150 cm³/mol. The molecule has 0 radical (unpaired) electrons. The highest BCUT2D eigenvalue weighted by Crippen LogP contribution is 2.55. The molecule has 0 spiro atoms. The molecule has 5 atom stereocenters. The minimum atomic E-state index is -2.00. The van der Waals surface area contributed by atoms with Gasteiger partial charge in [-0.25, -0.2) is 14.4 Å². The number of primary amides is 1. The molecule has 0 saturated carbocycles. The third-order valence-electron chi connectivity index (χ3n) is 6.52. The molecule has 0 aliphatic carbocycles. The van der Waals surface area contributed by atoms with E-state index in [1.165, 1.54) is 21.3 Å². The molecule has 2 aliphatic heterocycles. The van der Waals surface area contributed by atoms with E-state index in [0.717, 1.165) is 11.8 Å². The normalized spacial score (nSPS) is 25.3. The second-order valence-corrected chi connectivity index (χ2v) is 13.2. The molecule has 0 aromatic carbocycles. The van der Waals surface area contributed by atoms with Gasteiger partial charge in [0.1, 0.15) is 25.2 Å². The Kier molecular flexibility index (Phi) is 13.3. The van der Waals surface area contributed by atoms with Crippen LogP contribution in [0, 0.1) is 0 Å². The number of nitrogens with zero attached hydrogens (tertiary/aromatic N) is 1. The van der Waals surface area contributed by atoms with Gasteiger partial charge in [-0.1, -0.05) is 46.6 Å². The number of nitrogens with one attached hydrogen (secondary N) is 2. The van der Waals surface area contributed by atoms with E-state index < -0.39 is 91.9 Å². The molecule has 248 valence electrons. The zero-order valence-corrected chi connectivity index (χ0v) is 26.7. The first-order valence-corrected chi connectivity index (χ1v) is 14.6. The van der Waals surface area contributed by atoms with Crippen LogP contribution in [0.15, 0.2) is 11.3 Å². The van der Waals surface area contributed by atoms with Gasteiger partial charge in [0.25, 0.3) is 11.5 Å². The van der Waals surface area contributed by atoms with Gasteiger partial charge in [0.2, 0.25) is 9.17 Å². The number of nitrogens with two attached hydrogens (primary N) is 1. The quantitative estimate of drug-likeness (QED) is 0.0882. The molecule has 1 saturated heterocycles. The molecule has 4 amide bonds. The molecule has 5 N–H and O–H groups in total. The summed E-state index contributed by atoms with van der Waals surface area (Å²) in [5, 5.41) is 21.9. The summed E-state index contributed by atoms with van der Waals surface area (Å²) < 4.78 is 22.2. The number of fused-ring (bicyclic) bond motifs is 1. The van der Waals surface area contributed by atoms with Crippen molar-refractivity contribution in [3.8, 4) is 0 Å². The van der Waals surface area contributed by atoms with E-state index in [1.807, 2.05) is 0 Å². The number of hydrogen-bond acceptors (Lipinski definition) is 13.